The zero-order chi connectivity index (χ0) is 21.5. The zero-order valence-electron chi connectivity index (χ0n) is 17.7. The summed E-state index contributed by atoms with van der Waals surface area (Å²) in [6.07, 6.45) is 4.38. The maximum absolute atomic E-state index is 14.5. The summed E-state index contributed by atoms with van der Waals surface area (Å²) in [5.74, 6) is 0.846. The van der Waals surface area contributed by atoms with Gasteiger partial charge in [-0.1, -0.05) is 0 Å². The molecule has 2 N–H and O–H groups in total. The van der Waals surface area contributed by atoms with Crippen molar-refractivity contribution < 1.29 is 9.13 Å². The van der Waals surface area contributed by atoms with Gasteiger partial charge in [0.15, 0.2) is 5.82 Å². The predicted octanol–water partition coefficient (Wildman–Crippen LogP) is 3.21. The number of methoxy groups -OCH3 is 1. The van der Waals surface area contributed by atoms with E-state index in [1.165, 1.54) is 12.4 Å². The van der Waals surface area contributed by atoms with Gasteiger partial charge >= 0.3 is 0 Å². The number of nitrogens with zero attached hydrogens (tertiary/aromatic N) is 5. The van der Waals surface area contributed by atoms with Crippen molar-refractivity contribution >= 4 is 39.0 Å². The number of anilines is 3. The molecule has 2 aromatic carbocycles. The highest BCUT2D eigenvalue weighted by molar-refractivity contribution is 5.98. The van der Waals surface area contributed by atoms with Crippen molar-refractivity contribution in [1.29, 1.82) is 0 Å². The van der Waals surface area contributed by atoms with Gasteiger partial charge in [0.1, 0.15) is 23.4 Å². The number of halogens is 1. The van der Waals surface area contributed by atoms with Crippen LogP contribution in [0.5, 0.6) is 5.75 Å². The average molecular weight is 421 g/mol. The number of hydrogen-bond acceptors (Lipinski definition) is 7. The lowest BCUT2D eigenvalue weighted by Gasteiger charge is -2.21. The smallest absolute Gasteiger partial charge is 0.153 e. The van der Waals surface area contributed by atoms with Crippen molar-refractivity contribution in [3.8, 4) is 5.75 Å². The molecule has 1 aliphatic rings. The molecule has 9 heteroatoms. The number of fused-ring (bicyclic) bond motifs is 2. The van der Waals surface area contributed by atoms with Crippen LogP contribution in [0.4, 0.5) is 21.6 Å². The van der Waals surface area contributed by atoms with E-state index in [0.717, 1.165) is 36.1 Å². The van der Waals surface area contributed by atoms with Crippen LogP contribution in [0.2, 0.25) is 0 Å². The molecule has 8 nitrogen and oxygen atoms in total. The zero-order valence-corrected chi connectivity index (χ0v) is 17.7. The Kier molecular flexibility index (Phi) is 4.82. The minimum atomic E-state index is -0.388. The summed E-state index contributed by atoms with van der Waals surface area (Å²) in [6.45, 7) is 1.91. The standard InChI is InChI=1S/C22H24FN7O/c1-24-14-4-5-30(11-14)16-8-18-20(19(9-16)31-3)22(26-12-25-18)27-15-6-13-10-29(2)28-21(13)17(23)7-15/h6-10,12,14,24H,4-5,11H2,1-3H3,(H,25,26,27)/t14-/m0/s1. The number of ether oxygens (including phenoxy) is 1. The summed E-state index contributed by atoms with van der Waals surface area (Å²) >= 11 is 0. The molecule has 0 aliphatic carbocycles. The molecular weight excluding hydrogens is 397 g/mol. The number of nitrogens with one attached hydrogen (secondary N) is 2. The minimum Gasteiger partial charge on any atom is -0.496 e. The van der Waals surface area contributed by atoms with Crippen LogP contribution < -0.4 is 20.3 Å². The number of hydrogen-bond donors (Lipinski definition) is 2. The molecule has 1 saturated heterocycles. The number of benzene rings is 2. The van der Waals surface area contributed by atoms with Gasteiger partial charge in [0, 0.05) is 55.2 Å². The first kappa shape index (κ1) is 19.5. The average Bonchev–Trinajstić information content (AvgIpc) is 3.39. The maximum atomic E-state index is 14.5. The third-order valence-electron chi connectivity index (χ3n) is 5.81. The van der Waals surface area contributed by atoms with E-state index in [2.05, 4.69) is 30.6 Å². The molecule has 31 heavy (non-hydrogen) atoms. The molecule has 0 bridgehead atoms. The second-order valence-electron chi connectivity index (χ2n) is 7.81. The lowest BCUT2D eigenvalue weighted by atomic mass is 10.1. The van der Waals surface area contributed by atoms with E-state index >= 15 is 0 Å². The Morgan fingerprint density at radius 3 is 2.84 bits per heavy atom. The Balaban J connectivity index is 1.55. The molecule has 1 fully saturated rings. The molecule has 160 valence electrons. The third-order valence-corrected chi connectivity index (χ3v) is 5.81. The maximum Gasteiger partial charge on any atom is 0.153 e. The van der Waals surface area contributed by atoms with Crippen LogP contribution in [0.1, 0.15) is 6.42 Å². The van der Waals surface area contributed by atoms with Gasteiger partial charge in [0.25, 0.3) is 0 Å². The molecule has 0 radical (unpaired) electrons. The van der Waals surface area contributed by atoms with Crippen molar-refractivity contribution in [1.82, 2.24) is 25.1 Å². The fourth-order valence-corrected chi connectivity index (χ4v) is 4.23. The Morgan fingerprint density at radius 1 is 1.19 bits per heavy atom. The molecule has 5 rings (SSSR count). The van der Waals surface area contributed by atoms with Crippen molar-refractivity contribution in [2.45, 2.75) is 12.5 Å². The molecule has 4 aromatic rings. The van der Waals surface area contributed by atoms with Crippen LogP contribution in [0, 0.1) is 5.82 Å². The monoisotopic (exact) mass is 421 g/mol. The summed E-state index contributed by atoms with van der Waals surface area (Å²) in [5, 5.41) is 12.2. The van der Waals surface area contributed by atoms with Crippen molar-refractivity contribution in [2.24, 2.45) is 7.05 Å². The van der Waals surface area contributed by atoms with Gasteiger partial charge in [-0.2, -0.15) is 5.10 Å². The van der Waals surface area contributed by atoms with Crippen molar-refractivity contribution in [3.05, 3.63) is 42.6 Å². The van der Waals surface area contributed by atoms with Gasteiger partial charge in [0.05, 0.1) is 18.0 Å². The highest BCUT2D eigenvalue weighted by atomic mass is 19.1. The van der Waals surface area contributed by atoms with Crippen LogP contribution in [0.15, 0.2) is 36.8 Å². The normalized spacial score (nSPS) is 16.4. The Labute approximate surface area is 179 Å². The van der Waals surface area contributed by atoms with Crippen LogP contribution >= 0.6 is 0 Å². The molecular formula is C22H24FN7O. The summed E-state index contributed by atoms with van der Waals surface area (Å²) < 4.78 is 21.8. The van der Waals surface area contributed by atoms with Crippen LogP contribution in [0.25, 0.3) is 21.8 Å². The fraction of sp³-hybridized carbons (Fsp3) is 0.318. The first-order valence-electron chi connectivity index (χ1n) is 10.2. The molecule has 0 unspecified atom stereocenters. The predicted molar refractivity (Wildman–Crippen MR) is 120 cm³/mol. The molecule has 2 aromatic heterocycles. The quantitative estimate of drug-likeness (QED) is 0.512. The molecule has 3 heterocycles. The summed E-state index contributed by atoms with van der Waals surface area (Å²) in [5.41, 5.74) is 2.76. The first-order valence-corrected chi connectivity index (χ1v) is 10.2. The van der Waals surface area contributed by atoms with Gasteiger partial charge in [-0.15, -0.1) is 0 Å². The van der Waals surface area contributed by atoms with Gasteiger partial charge < -0.3 is 20.3 Å². The summed E-state index contributed by atoms with van der Waals surface area (Å²) in [7, 11) is 5.40. The number of aryl methyl sites for hydroxylation is 1. The second kappa shape index (κ2) is 7.66. The number of aromatic nitrogens is 4. The van der Waals surface area contributed by atoms with Gasteiger partial charge in [-0.05, 0) is 31.7 Å². The Bertz CT molecular complexity index is 1270. The van der Waals surface area contributed by atoms with Gasteiger partial charge in [-0.25, -0.2) is 14.4 Å². The van der Waals surface area contributed by atoms with Crippen molar-refractivity contribution in [3.63, 3.8) is 0 Å². The largest absolute Gasteiger partial charge is 0.496 e. The molecule has 0 spiro atoms. The topological polar surface area (TPSA) is 80.1 Å². The summed E-state index contributed by atoms with van der Waals surface area (Å²) in [6, 6.07) is 7.81. The third kappa shape index (κ3) is 3.50. The van der Waals surface area contributed by atoms with E-state index in [1.54, 1.807) is 25.0 Å². The highest BCUT2D eigenvalue weighted by Gasteiger charge is 2.23. The van der Waals surface area contributed by atoms with E-state index in [9.17, 15) is 4.39 Å². The SMILES string of the molecule is CN[C@H]1CCN(c2cc(OC)c3c(Nc4cc(F)c5nn(C)cc5c4)ncnc3c2)C1. The Hall–Kier alpha value is -3.46. The van der Waals surface area contributed by atoms with E-state index in [0.29, 0.717) is 34.2 Å². The van der Waals surface area contributed by atoms with E-state index in [-0.39, 0.29) is 5.82 Å². The van der Waals surface area contributed by atoms with E-state index in [1.807, 2.05) is 25.2 Å². The molecule has 0 amide bonds. The highest BCUT2D eigenvalue weighted by Crippen LogP contribution is 2.37. The van der Waals surface area contributed by atoms with Crippen LogP contribution in [-0.2, 0) is 7.05 Å². The number of rotatable bonds is 5. The number of likely N-dealkylation sites (N-methyl/N-ethyl adjacent to an activating group) is 1. The van der Waals surface area contributed by atoms with Gasteiger partial charge in [0.2, 0.25) is 0 Å². The lowest BCUT2D eigenvalue weighted by molar-refractivity contribution is 0.420. The van der Waals surface area contributed by atoms with E-state index < -0.39 is 0 Å². The Morgan fingerprint density at radius 2 is 2.06 bits per heavy atom. The summed E-state index contributed by atoms with van der Waals surface area (Å²) in [4.78, 5) is 11.2. The second-order valence-corrected chi connectivity index (χ2v) is 7.81. The van der Waals surface area contributed by atoms with Crippen molar-refractivity contribution in [2.75, 3.05) is 37.5 Å². The molecule has 0 saturated carbocycles. The minimum absolute atomic E-state index is 0.341. The molecule has 1 atom stereocenters. The first-order chi connectivity index (χ1) is 15.1. The fourth-order valence-electron chi connectivity index (χ4n) is 4.23. The lowest BCUT2D eigenvalue weighted by Crippen LogP contribution is -2.29. The van der Waals surface area contributed by atoms with Gasteiger partial charge in [-0.3, -0.25) is 4.68 Å². The molecule has 1 aliphatic heterocycles. The van der Waals surface area contributed by atoms with Crippen LogP contribution in [-0.4, -0.2) is 53.0 Å². The van der Waals surface area contributed by atoms with Crippen LogP contribution in [0.3, 0.4) is 0 Å². The van der Waals surface area contributed by atoms with E-state index in [4.69, 9.17) is 4.74 Å².